The molecule has 0 aliphatic heterocycles. The van der Waals surface area contributed by atoms with Crippen LogP contribution >= 0.6 is 67.8 Å². The third-order valence-corrected chi connectivity index (χ3v) is 6.53. The molecular formula is C14H18I3N3O6. The third-order valence-electron chi connectivity index (χ3n) is 3.21. The van der Waals surface area contributed by atoms with Crippen molar-refractivity contribution in [3.8, 4) is 0 Å². The number of anilines is 1. The maximum Gasteiger partial charge on any atom is 0.255 e. The number of hydrogen-bond donors (Lipinski definition) is 7. The van der Waals surface area contributed by atoms with Gasteiger partial charge in [-0.1, -0.05) is 0 Å². The predicted octanol–water partition coefficient (Wildman–Crippen LogP) is -0.0562. The van der Waals surface area contributed by atoms with Crippen LogP contribution in [0.25, 0.3) is 0 Å². The van der Waals surface area contributed by atoms with E-state index in [0.717, 1.165) is 0 Å². The van der Waals surface area contributed by atoms with Gasteiger partial charge < -0.3 is 36.8 Å². The first-order valence-electron chi connectivity index (χ1n) is 7.31. The Morgan fingerprint density at radius 3 is 1.50 bits per heavy atom. The number of aliphatic hydroxyl groups is 4. The zero-order valence-electron chi connectivity index (χ0n) is 13.3. The van der Waals surface area contributed by atoms with Crippen LogP contribution in [0.3, 0.4) is 0 Å². The fourth-order valence-corrected chi connectivity index (χ4v) is 6.06. The summed E-state index contributed by atoms with van der Waals surface area (Å²) in [5.74, 6) is -1.29. The van der Waals surface area contributed by atoms with Crippen molar-refractivity contribution in [2.75, 3.05) is 18.9 Å². The lowest BCUT2D eigenvalue weighted by atomic mass is 10.1. The number of amides is 2. The van der Waals surface area contributed by atoms with Gasteiger partial charge in [-0.2, -0.15) is 0 Å². The van der Waals surface area contributed by atoms with Crippen molar-refractivity contribution in [2.24, 2.45) is 0 Å². The van der Waals surface area contributed by atoms with E-state index in [0.29, 0.717) is 10.7 Å². The Hall–Kier alpha value is -0.0100. The van der Waals surface area contributed by atoms with Crippen molar-refractivity contribution in [1.82, 2.24) is 10.6 Å². The van der Waals surface area contributed by atoms with Crippen LogP contribution in [0.15, 0.2) is 0 Å². The quantitative estimate of drug-likeness (QED) is 0.113. The second kappa shape index (κ2) is 11.1. The molecule has 9 nitrogen and oxygen atoms in total. The zero-order chi connectivity index (χ0) is 20.0. The van der Waals surface area contributed by atoms with Gasteiger partial charge >= 0.3 is 0 Å². The smallest absolute Gasteiger partial charge is 0.255 e. The van der Waals surface area contributed by atoms with Gasteiger partial charge in [0.05, 0.1) is 24.0 Å². The molecule has 1 aromatic rings. The Kier molecular flexibility index (Phi) is 10.3. The van der Waals surface area contributed by atoms with Crippen LogP contribution in [-0.4, -0.2) is 57.9 Å². The molecule has 26 heavy (non-hydrogen) atoms. The second-order valence-electron chi connectivity index (χ2n) is 5.11. The fourth-order valence-electron chi connectivity index (χ4n) is 1.92. The normalized spacial score (nSPS) is 13.2. The molecule has 0 fully saturated rings. The van der Waals surface area contributed by atoms with E-state index in [4.69, 9.17) is 15.9 Å². The SMILES string of the molecule is Nc1c(I)c(C(=O)NC(O)CCO)c(I)c(C(=O)NC(O)CCO)c1I. The van der Waals surface area contributed by atoms with E-state index in [1.54, 1.807) is 0 Å². The van der Waals surface area contributed by atoms with E-state index in [1.807, 2.05) is 67.8 Å². The highest BCUT2D eigenvalue weighted by Gasteiger charge is 2.28. The molecule has 1 rings (SSSR count). The Balaban J connectivity index is 3.31. The van der Waals surface area contributed by atoms with Gasteiger partial charge in [0.1, 0.15) is 12.5 Å². The predicted molar refractivity (Wildman–Crippen MR) is 119 cm³/mol. The minimum Gasteiger partial charge on any atom is -0.397 e. The summed E-state index contributed by atoms with van der Waals surface area (Å²) < 4.78 is 1.13. The summed E-state index contributed by atoms with van der Waals surface area (Å²) in [4.78, 5) is 25.0. The number of hydrogen-bond acceptors (Lipinski definition) is 7. The highest BCUT2D eigenvalue weighted by Crippen LogP contribution is 2.33. The Bertz CT molecular complexity index is 635. The molecule has 0 saturated heterocycles. The van der Waals surface area contributed by atoms with Crippen LogP contribution in [0, 0.1) is 10.7 Å². The molecule has 0 spiro atoms. The summed E-state index contributed by atoms with van der Waals surface area (Å²) >= 11 is 5.58. The molecule has 0 bridgehead atoms. The molecule has 0 aromatic heterocycles. The van der Waals surface area contributed by atoms with Crippen LogP contribution in [0.4, 0.5) is 5.69 Å². The number of rotatable bonds is 8. The number of halogens is 3. The zero-order valence-corrected chi connectivity index (χ0v) is 19.8. The maximum atomic E-state index is 12.5. The number of carbonyl (C=O) groups is 2. The molecular weight excluding hydrogens is 687 g/mol. The summed E-state index contributed by atoms with van der Waals surface area (Å²) in [5.41, 5.74) is 6.47. The van der Waals surface area contributed by atoms with Crippen LogP contribution in [0.2, 0.25) is 0 Å². The number of carbonyl (C=O) groups excluding carboxylic acids is 2. The number of nitrogens with one attached hydrogen (secondary N) is 2. The largest absolute Gasteiger partial charge is 0.397 e. The first-order chi connectivity index (χ1) is 12.1. The maximum absolute atomic E-state index is 12.5. The van der Waals surface area contributed by atoms with Gasteiger partial charge in [-0.25, -0.2) is 0 Å². The number of aliphatic hydroxyl groups excluding tert-OH is 4. The minimum atomic E-state index is -1.25. The van der Waals surface area contributed by atoms with E-state index >= 15 is 0 Å². The number of benzene rings is 1. The molecule has 146 valence electrons. The summed E-state index contributed by atoms with van der Waals surface area (Å²) in [6, 6.07) is 0. The monoisotopic (exact) mass is 705 g/mol. The van der Waals surface area contributed by atoms with Crippen LogP contribution in [0.1, 0.15) is 33.6 Å². The Morgan fingerprint density at radius 1 is 0.846 bits per heavy atom. The molecule has 2 atom stereocenters. The molecule has 0 radical (unpaired) electrons. The average Bonchev–Trinajstić information content (AvgIpc) is 2.53. The molecule has 0 saturated carbocycles. The summed E-state index contributed by atoms with van der Waals surface area (Å²) in [6.45, 7) is -0.609. The molecule has 2 amide bonds. The number of nitrogens with two attached hydrogens (primary N) is 1. The first-order valence-corrected chi connectivity index (χ1v) is 10.5. The van der Waals surface area contributed by atoms with Crippen molar-refractivity contribution in [1.29, 1.82) is 0 Å². The number of nitrogen functional groups attached to an aromatic ring is 1. The van der Waals surface area contributed by atoms with Crippen LogP contribution < -0.4 is 16.4 Å². The van der Waals surface area contributed by atoms with Crippen molar-refractivity contribution >= 4 is 85.3 Å². The standard InChI is InChI=1S/C14H18I3N3O6/c15-9-7(13(25)19-5(23)1-3-21)10(16)12(18)11(17)8(9)14(26)20-6(24)2-4-22/h5-6,21-24H,1-4,18H2,(H,19,25)(H,20,26). The van der Waals surface area contributed by atoms with E-state index in [1.165, 1.54) is 0 Å². The van der Waals surface area contributed by atoms with E-state index in [9.17, 15) is 19.8 Å². The third kappa shape index (κ3) is 5.99. The Labute approximate surface area is 190 Å². The highest BCUT2D eigenvalue weighted by molar-refractivity contribution is 14.1. The van der Waals surface area contributed by atoms with Gasteiger partial charge in [-0.15, -0.1) is 0 Å². The van der Waals surface area contributed by atoms with Crippen LogP contribution in [0.5, 0.6) is 0 Å². The molecule has 1 aromatic carbocycles. The summed E-state index contributed by atoms with van der Waals surface area (Å²) in [6.07, 6.45) is -2.58. The minimum absolute atomic E-state index is 0.0422. The molecule has 0 heterocycles. The van der Waals surface area contributed by atoms with Crippen LogP contribution in [-0.2, 0) is 0 Å². The van der Waals surface area contributed by atoms with Gasteiger partial charge in [0.2, 0.25) is 0 Å². The summed E-state index contributed by atoms with van der Waals surface area (Å²) in [7, 11) is 0. The van der Waals surface area contributed by atoms with E-state index < -0.39 is 24.3 Å². The molecule has 2 unspecified atom stereocenters. The topological polar surface area (TPSA) is 165 Å². The molecule has 12 heteroatoms. The van der Waals surface area contributed by atoms with Gasteiger partial charge in [0, 0.05) is 29.6 Å². The lowest BCUT2D eigenvalue weighted by Gasteiger charge is -2.19. The Morgan fingerprint density at radius 2 is 1.19 bits per heavy atom. The van der Waals surface area contributed by atoms with Gasteiger partial charge in [0.15, 0.2) is 0 Å². The first kappa shape index (κ1) is 24.0. The van der Waals surface area contributed by atoms with Crippen molar-refractivity contribution < 1.29 is 30.0 Å². The second-order valence-corrected chi connectivity index (χ2v) is 8.34. The summed E-state index contributed by atoms with van der Waals surface area (Å²) in [5, 5.41) is 41.7. The molecule has 8 N–H and O–H groups in total. The highest BCUT2D eigenvalue weighted by atomic mass is 127. The van der Waals surface area contributed by atoms with Gasteiger partial charge in [0.25, 0.3) is 11.8 Å². The molecule has 0 aliphatic carbocycles. The lowest BCUT2D eigenvalue weighted by Crippen LogP contribution is -2.38. The lowest BCUT2D eigenvalue weighted by molar-refractivity contribution is 0.0702. The van der Waals surface area contributed by atoms with Gasteiger partial charge in [-0.3, -0.25) is 9.59 Å². The van der Waals surface area contributed by atoms with E-state index in [2.05, 4.69) is 10.6 Å². The van der Waals surface area contributed by atoms with Crippen molar-refractivity contribution in [2.45, 2.75) is 25.3 Å². The van der Waals surface area contributed by atoms with Crippen molar-refractivity contribution in [3.05, 3.63) is 21.8 Å². The van der Waals surface area contributed by atoms with Crippen molar-refractivity contribution in [3.63, 3.8) is 0 Å². The average molecular weight is 705 g/mol. The van der Waals surface area contributed by atoms with E-state index in [-0.39, 0.29) is 42.9 Å². The molecule has 0 aliphatic rings. The van der Waals surface area contributed by atoms with Gasteiger partial charge in [-0.05, 0) is 67.8 Å². The fraction of sp³-hybridized carbons (Fsp3) is 0.429.